The summed E-state index contributed by atoms with van der Waals surface area (Å²) in [6.07, 6.45) is 0.932. The Hall–Kier alpha value is -2.67. The van der Waals surface area contributed by atoms with Crippen molar-refractivity contribution in [2.75, 3.05) is 5.32 Å². The Morgan fingerprint density at radius 2 is 1.79 bits per heavy atom. The van der Waals surface area contributed by atoms with Gasteiger partial charge in [0.1, 0.15) is 6.04 Å². The molecule has 0 bridgehead atoms. The lowest BCUT2D eigenvalue weighted by molar-refractivity contribution is -0.121. The molecule has 0 heterocycles. The number of nitrogens with two attached hydrogens (primary N) is 1. The van der Waals surface area contributed by atoms with Crippen molar-refractivity contribution >= 4 is 39.3 Å². The predicted molar refractivity (Wildman–Crippen MR) is 113 cm³/mol. The highest BCUT2D eigenvalue weighted by molar-refractivity contribution is 9.10. The molecule has 2 unspecified atom stereocenters. The lowest BCUT2D eigenvalue weighted by Gasteiger charge is -2.21. The summed E-state index contributed by atoms with van der Waals surface area (Å²) in [6, 6.07) is 13.3. The van der Waals surface area contributed by atoms with Gasteiger partial charge in [0.05, 0.1) is 6.42 Å². The van der Waals surface area contributed by atoms with Gasteiger partial charge in [0.2, 0.25) is 11.8 Å². The Bertz CT molecular complexity index is 852. The molecule has 3 amide bonds. The molecule has 4 N–H and O–H groups in total. The van der Waals surface area contributed by atoms with Crippen molar-refractivity contribution in [3.63, 3.8) is 0 Å². The second-order valence-corrected chi connectivity index (χ2v) is 7.59. The maximum absolute atomic E-state index is 12.5. The first-order valence-electron chi connectivity index (χ1n) is 9.04. The van der Waals surface area contributed by atoms with Gasteiger partial charge in [-0.1, -0.05) is 54.4 Å². The number of hydrogen-bond acceptors (Lipinski definition) is 3. The lowest BCUT2D eigenvalue weighted by Crippen LogP contribution is -2.48. The molecule has 7 heteroatoms. The number of carbonyl (C=O) groups excluding carboxylic acids is 3. The number of anilines is 1. The molecular formula is C21H24BrN3O3. The van der Waals surface area contributed by atoms with Crippen LogP contribution in [0.1, 0.15) is 36.2 Å². The second-order valence-electron chi connectivity index (χ2n) is 6.67. The zero-order chi connectivity index (χ0) is 20.7. The Labute approximate surface area is 173 Å². The first-order chi connectivity index (χ1) is 13.3. The van der Waals surface area contributed by atoms with Gasteiger partial charge in [-0.25, -0.2) is 0 Å². The van der Waals surface area contributed by atoms with Crippen LogP contribution in [0.3, 0.4) is 0 Å². The Balaban J connectivity index is 2.04. The quantitative estimate of drug-likeness (QED) is 0.580. The second kappa shape index (κ2) is 10.0. The molecule has 0 aliphatic heterocycles. The van der Waals surface area contributed by atoms with Gasteiger partial charge in [-0.15, -0.1) is 0 Å². The van der Waals surface area contributed by atoms with Gasteiger partial charge in [0, 0.05) is 15.7 Å². The van der Waals surface area contributed by atoms with Crippen LogP contribution >= 0.6 is 15.9 Å². The fourth-order valence-electron chi connectivity index (χ4n) is 2.69. The number of nitrogens with one attached hydrogen (secondary N) is 2. The van der Waals surface area contributed by atoms with Crippen molar-refractivity contribution in [2.24, 2.45) is 11.7 Å². The van der Waals surface area contributed by atoms with Gasteiger partial charge in [0.15, 0.2) is 0 Å². The van der Waals surface area contributed by atoms with Crippen molar-refractivity contribution in [2.45, 2.75) is 32.7 Å². The SMILES string of the molecule is CCC(C)C(NC(=O)c1cccc(NC(=O)Cc2ccc(Br)cc2)c1)C(N)=O. The van der Waals surface area contributed by atoms with Crippen molar-refractivity contribution in [3.05, 3.63) is 64.1 Å². The average molecular weight is 446 g/mol. The van der Waals surface area contributed by atoms with Gasteiger partial charge in [-0.2, -0.15) is 0 Å². The van der Waals surface area contributed by atoms with E-state index in [9.17, 15) is 14.4 Å². The maximum atomic E-state index is 12.5. The summed E-state index contributed by atoms with van der Waals surface area (Å²) >= 11 is 3.36. The Morgan fingerprint density at radius 1 is 1.11 bits per heavy atom. The van der Waals surface area contributed by atoms with Gasteiger partial charge >= 0.3 is 0 Å². The standard InChI is InChI=1S/C21H24BrN3O3/c1-3-13(2)19(20(23)27)25-21(28)15-5-4-6-17(12-15)24-18(26)11-14-7-9-16(22)10-8-14/h4-10,12-13,19H,3,11H2,1-2H3,(H2,23,27)(H,24,26)(H,25,28). The molecule has 6 nitrogen and oxygen atoms in total. The minimum absolute atomic E-state index is 0.0738. The summed E-state index contributed by atoms with van der Waals surface area (Å²) in [7, 11) is 0. The molecule has 0 aliphatic rings. The Morgan fingerprint density at radius 3 is 2.39 bits per heavy atom. The monoisotopic (exact) mass is 445 g/mol. The largest absolute Gasteiger partial charge is 0.368 e. The van der Waals surface area contributed by atoms with Crippen LogP contribution in [0, 0.1) is 5.92 Å². The highest BCUT2D eigenvalue weighted by Gasteiger charge is 2.24. The zero-order valence-electron chi connectivity index (χ0n) is 15.9. The van der Waals surface area contributed by atoms with Gasteiger partial charge in [-0.05, 0) is 41.8 Å². The van der Waals surface area contributed by atoms with E-state index in [1.165, 1.54) is 0 Å². The van der Waals surface area contributed by atoms with Gasteiger partial charge < -0.3 is 16.4 Å². The van der Waals surface area contributed by atoms with E-state index >= 15 is 0 Å². The molecule has 2 rings (SSSR count). The third-order valence-electron chi connectivity index (χ3n) is 4.49. The number of rotatable bonds is 8. The zero-order valence-corrected chi connectivity index (χ0v) is 17.5. The molecule has 0 saturated carbocycles. The van der Waals surface area contributed by atoms with Crippen molar-refractivity contribution in [3.8, 4) is 0 Å². The van der Waals surface area contributed by atoms with Crippen LogP contribution < -0.4 is 16.4 Å². The smallest absolute Gasteiger partial charge is 0.252 e. The van der Waals surface area contributed by atoms with Crippen molar-refractivity contribution in [1.82, 2.24) is 5.32 Å². The van der Waals surface area contributed by atoms with E-state index in [-0.39, 0.29) is 18.2 Å². The number of hydrogen-bond donors (Lipinski definition) is 3. The van der Waals surface area contributed by atoms with Crippen molar-refractivity contribution < 1.29 is 14.4 Å². The highest BCUT2D eigenvalue weighted by atomic mass is 79.9. The minimum Gasteiger partial charge on any atom is -0.368 e. The number of benzene rings is 2. The molecule has 0 aromatic heterocycles. The molecule has 2 aromatic carbocycles. The fourth-order valence-corrected chi connectivity index (χ4v) is 2.95. The van der Waals surface area contributed by atoms with Crippen molar-refractivity contribution in [1.29, 1.82) is 0 Å². The molecule has 2 aromatic rings. The fraction of sp³-hybridized carbons (Fsp3) is 0.286. The molecule has 148 valence electrons. The van der Waals surface area contributed by atoms with Crippen LogP contribution in [0.4, 0.5) is 5.69 Å². The maximum Gasteiger partial charge on any atom is 0.252 e. The summed E-state index contributed by atoms with van der Waals surface area (Å²) in [4.78, 5) is 36.4. The number of carbonyl (C=O) groups is 3. The third-order valence-corrected chi connectivity index (χ3v) is 5.02. The molecule has 0 saturated heterocycles. The van der Waals surface area contributed by atoms with E-state index in [2.05, 4.69) is 26.6 Å². The van der Waals surface area contributed by atoms with Crippen LogP contribution in [0.15, 0.2) is 53.0 Å². The van der Waals surface area contributed by atoms with E-state index in [1.54, 1.807) is 24.3 Å². The summed E-state index contributed by atoms with van der Waals surface area (Å²) in [5.41, 5.74) is 7.14. The van der Waals surface area contributed by atoms with E-state index < -0.39 is 17.9 Å². The van der Waals surface area contributed by atoms with Crippen LogP contribution in [0.2, 0.25) is 0 Å². The third kappa shape index (κ3) is 6.20. The molecule has 28 heavy (non-hydrogen) atoms. The number of amides is 3. The highest BCUT2D eigenvalue weighted by Crippen LogP contribution is 2.15. The Kier molecular flexibility index (Phi) is 7.75. The minimum atomic E-state index is -0.742. The van der Waals surface area contributed by atoms with Crippen LogP contribution in [0.5, 0.6) is 0 Å². The summed E-state index contributed by atoms with van der Waals surface area (Å²) in [5, 5.41) is 5.47. The van der Waals surface area contributed by atoms with E-state index in [1.807, 2.05) is 38.1 Å². The van der Waals surface area contributed by atoms with E-state index in [0.717, 1.165) is 10.0 Å². The van der Waals surface area contributed by atoms with E-state index in [0.29, 0.717) is 17.7 Å². The first-order valence-corrected chi connectivity index (χ1v) is 9.84. The van der Waals surface area contributed by atoms with Crippen LogP contribution in [0.25, 0.3) is 0 Å². The summed E-state index contributed by atoms with van der Waals surface area (Å²) in [6.45, 7) is 3.78. The molecule has 0 fully saturated rings. The first kappa shape index (κ1) is 21.6. The normalized spacial score (nSPS) is 12.7. The van der Waals surface area contributed by atoms with Gasteiger partial charge in [-0.3, -0.25) is 14.4 Å². The van der Waals surface area contributed by atoms with Crippen LogP contribution in [-0.4, -0.2) is 23.8 Å². The lowest BCUT2D eigenvalue weighted by atomic mass is 9.98. The summed E-state index contributed by atoms with van der Waals surface area (Å²) in [5.74, 6) is -1.24. The van der Waals surface area contributed by atoms with E-state index in [4.69, 9.17) is 5.73 Å². The number of primary amides is 1. The number of halogens is 1. The molecule has 0 spiro atoms. The molecular weight excluding hydrogens is 422 g/mol. The predicted octanol–water partition coefficient (Wildman–Crippen LogP) is 3.26. The summed E-state index contributed by atoms with van der Waals surface area (Å²) < 4.78 is 0.946. The van der Waals surface area contributed by atoms with Gasteiger partial charge in [0.25, 0.3) is 5.91 Å². The molecule has 0 aliphatic carbocycles. The van der Waals surface area contributed by atoms with Crippen LogP contribution in [-0.2, 0) is 16.0 Å². The molecule has 0 radical (unpaired) electrons. The topological polar surface area (TPSA) is 101 Å². The molecule has 2 atom stereocenters. The average Bonchev–Trinajstić information content (AvgIpc) is 2.67.